The average molecular weight is 653 g/mol. The Balaban J connectivity index is 1.21. The Bertz CT molecular complexity index is 2850. The topological polar surface area (TPSA) is 21.3 Å². The van der Waals surface area contributed by atoms with Crippen molar-refractivity contribution in [2.75, 3.05) is 4.90 Å². The van der Waals surface area contributed by atoms with Crippen molar-refractivity contribution in [2.24, 2.45) is 0 Å². The molecule has 0 saturated carbocycles. The molecule has 0 aliphatic carbocycles. The molecular formula is C48H32N2O. The van der Waals surface area contributed by atoms with Gasteiger partial charge in [-0.1, -0.05) is 121 Å². The third-order valence-corrected chi connectivity index (χ3v) is 9.96. The first-order valence-electron chi connectivity index (χ1n) is 17.4. The number of fused-ring (bicyclic) bond motifs is 6. The molecule has 2 aromatic heterocycles. The van der Waals surface area contributed by atoms with Crippen molar-refractivity contribution in [3.05, 3.63) is 194 Å². The number of para-hydroxylation sites is 3. The standard InChI is InChI=1S/C48H32N2O/c1-4-14-33(15-5-1)34-16-12-17-35(30-34)40-23-13-24-44-48(40)43-29-27-38(31-45(43)50(44)37-20-8-3-9-21-37)49(36-18-6-2-7-19-36)39-26-28-42-41-22-10-11-25-46(41)51-47(42)32-39/h1-32H. The number of anilines is 3. The van der Waals surface area contributed by atoms with E-state index in [9.17, 15) is 0 Å². The summed E-state index contributed by atoms with van der Waals surface area (Å²) in [4.78, 5) is 2.32. The Morgan fingerprint density at radius 3 is 1.82 bits per heavy atom. The van der Waals surface area contributed by atoms with Crippen LogP contribution in [0.5, 0.6) is 0 Å². The van der Waals surface area contributed by atoms with Crippen LogP contribution in [-0.2, 0) is 0 Å². The summed E-state index contributed by atoms with van der Waals surface area (Å²) < 4.78 is 8.77. The lowest BCUT2D eigenvalue weighted by Gasteiger charge is -2.25. The molecule has 2 heterocycles. The lowest BCUT2D eigenvalue weighted by Crippen LogP contribution is -2.09. The Kier molecular flexibility index (Phi) is 6.81. The molecule has 10 rings (SSSR count). The van der Waals surface area contributed by atoms with Crippen LogP contribution in [0.1, 0.15) is 0 Å². The summed E-state index contributed by atoms with van der Waals surface area (Å²) in [6, 6.07) is 69.2. The molecule has 0 bridgehead atoms. The molecule has 0 aliphatic heterocycles. The molecule has 0 unspecified atom stereocenters. The van der Waals surface area contributed by atoms with Gasteiger partial charge in [-0.2, -0.15) is 0 Å². The lowest BCUT2D eigenvalue weighted by molar-refractivity contribution is 0.669. The molecule has 0 fully saturated rings. The van der Waals surface area contributed by atoms with Gasteiger partial charge in [0, 0.05) is 50.4 Å². The molecule has 0 amide bonds. The Morgan fingerprint density at radius 2 is 1.00 bits per heavy atom. The highest BCUT2D eigenvalue weighted by Gasteiger charge is 2.20. The van der Waals surface area contributed by atoms with Gasteiger partial charge in [0.1, 0.15) is 11.2 Å². The minimum Gasteiger partial charge on any atom is -0.456 e. The summed E-state index contributed by atoms with van der Waals surface area (Å²) in [5, 5.41) is 4.69. The maximum atomic E-state index is 6.36. The van der Waals surface area contributed by atoms with Crippen molar-refractivity contribution in [3.8, 4) is 27.9 Å². The van der Waals surface area contributed by atoms with Gasteiger partial charge in [-0.15, -0.1) is 0 Å². The average Bonchev–Trinajstić information content (AvgIpc) is 3.74. The second-order valence-corrected chi connectivity index (χ2v) is 13.0. The summed E-state index contributed by atoms with van der Waals surface area (Å²) in [6.07, 6.45) is 0. The third-order valence-electron chi connectivity index (χ3n) is 9.96. The van der Waals surface area contributed by atoms with Crippen LogP contribution in [0.4, 0.5) is 17.1 Å². The van der Waals surface area contributed by atoms with Gasteiger partial charge < -0.3 is 13.9 Å². The smallest absolute Gasteiger partial charge is 0.137 e. The highest BCUT2D eigenvalue weighted by Crippen LogP contribution is 2.43. The molecule has 3 nitrogen and oxygen atoms in total. The Morgan fingerprint density at radius 1 is 0.373 bits per heavy atom. The van der Waals surface area contributed by atoms with E-state index in [4.69, 9.17) is 4.42 Å². The molecule has 0 radical (unpaired) electrons. The maximum Gasteiger partial charge on any atom is 0.137 e. The Hall–Kier alpha value is -6.84. The second-order valence-electron chi connectivity index (χ2n) is 13.0. The normalized spacial score (nSPS) is 11.5. The number of benzene rings is 8. The van der Waals surface area contributed by atoms with E-state index in [1.807, 2.05) is 12.1 Å². The van der Waals surface area contributed by atoms with Crippen LogP contribution in [0.25, 0.3) is 71.7 Å². The van der Waals surface area contributed by atoms with Crippen molar-refractivity contribution >= 4 is 60.8 Å². The number of rotatable bonds is 6. The van der Waals surface area contributed by atoms with E-state index in [1.54, 1.807) is 0 Å². The monoisotopic (exact) mass is 652 g/mol. The first-order valence-corrected chi connectivity index (χ1v) is 17.4. The number of aromatic nitrogens is 1. The number of furan rings is 1. The van der Waals surface area contributed by atoms with Crippen LogP contribution in [0.3, 0.4) is 0 Å². The zero-order valence-electron chi connectivity index (χ0n) is 27.8. The van der Waals surface area contributed by atoms with E-state index >= 15 is 0 Å². The molecular weight excluding hydrogens is 621 g/mol. The van der Waals surface area contributed by atoms with E-state index < -0.39 is 0 Å². The van der Waals surface area contributed by atoms with E-state index in [0.717, 1.165) is 50.2 Å². The van der Waals surface area contributed by atoms with Crippen molar-refractivity contribution in [1.82, 2.24) is 4.57 Å². The van der Waals surface area contributed by atoms with Crippen LogP contribution < -0.4 is 4.90 Å². The minimum atomic E-state index is 0.872. The molecule has 0 saturated heterocycles. The number of nitrogens with zero attached hydrogens (tertiary/aromatic N) is 2. The minimum absolute atomic E-state index is 0.872. The van der Waals surface area contributed by atoms with Crippen LogP contribution in [0, 0.1) is 0 Å². The van der Waals surface area contributed by atoms with E-state index in [2.05, 4.69) is 191 Å². The predicted molar refractivity (Wildman–Crippen MR) is 214 cm³/mol. The van der Waals surface area contributed by atoms with Crippen LogP contribution in [0.2, 0.25) is 0 Å². The van der Waals surface area contributed by atoms with E-state index in [1.165, 1.54) is 38.5 Å². The maximum absolute atomic E-state index is 6.36. The van der Waals surface area contributed by atoms with Crippen LogP contribution in [0.15, 0.2) is 199 Å². The summed E-state index contributed by atoms with van der Waals surface area (Å²) >= 11 is 0. The fourth-order valence-corrected chi connectivity index (χ4v) is 7.67. The fraction of sp³-hybridized carbons (Fsp3) is 0. The summed E-state index contributed by atoms with van der Waals surface area (Å²) in [5.41, 5.74) is 13.2. The summed E-state index contributed by atoms with van der Waals surface area (Å²) in [6.45, 7) is 0. The van der Waals surface area contributed by atoms with Crippen molar-refractivity contribution in [3.63, 3.8) is 0 Å². The summed E-state index contributed by atoms with van der Waals surface area (Å²) in [5.74, 6) is 0. The highest BCUT2D eigenvalue weighted by atomic mass is 16.3. The van der Waals surface area contributed by atoms with Gasteiger partial charge in [-0.25, -0.2) is 0 Å². The van der Waals surface area contributed by atoms with E-state index in [-0.39, 0.29) is 0 Å². The summed E-state index contributed by atoms with van der Waals surface area (Å²) in [7, 11) is 0. The molecule has 240 valence electrons. The van der Waals surface area contributed by atoms with Crippen molar-refractivity contribution in [2.45, 2.75) is 0 Å². The molecule has 0 spiro atoms. The van der Waals surface area contributed by atoms with Gasteiger partial charge in [-0.05, 0) is 89.0 Å². The van der Waals surface area contributed by atoms with Crippen LogP contribution >= 0.6 is 0 Å². The zero-order chi connectivity index (χ0) is 33.7. The number of hydrogen-bond acceptors (Lipinski definition) is 2. The van der Waals surface area contributed by atoms with Crippen molar-refractivity contribution < 1.29 is 4.42 Å². The molecule has 10 aromatic rings. The molecule has 51 heavy (non-hydrogen) atoms. The van der Waals surface area contributed by atoms with Crippen molar-refractivity contribution in [1.29, 1.82) is 0 Å². The van der Waals surface area contributed by atoms with Gasteiger partial charge in [0.25, 0.3) is 0 Å². The van der Waals surface area contributed by atoms with Crippen LogP contribution in [-0.4, -0.2) is 4.57 Å². The quantitative estimate of drug-likeness (QED) is 0.178. The van der Waals surface area contributed by atoms with Gasteiger partial charge in [0.2, 0.25) is 0 Å². The van der Waals surface area contributed by atoms with Gasteiger partial charge >= 0.3 is 0 Å². The first kappa shape index (κ1) is 29.1. The van der Waals surface area contributed by atoms with E-state index in [0.29, 0.717) is 0 Å². The largest absolute Gasteiger partial charge is 0.456 e. The third kappa shape index (κ3) is 4.90. The molecule has 0 N–H and O–H groups in total. The molecule has 8 aromatic carbocycles. The van der Waals surface area contributed by atoms with Gasteiger partial charge in [-0.3, -0.25) is 0 Å². The van der Waals surface area contributed by atoms with Gasteiger partial charge in [0.15, 0.2) is 0 Å². The lowest BCUT2D eigenvalue weighted by atomic mass is 9.96. The first-order chi connectivity index (χ1) is 25.3. The molecule has 0 atom stereocenters. The zero-order valence-corrected chi connectivity index (χ0v) is 27.8. The second kappa shape index (κ2) is 11.9. The SMILES string of the molecule is c1ccc(-c2cccc(-c3cccc4c3c3ccc(N(c5ccccc5)c5ccc6c(c5)oc5ccccc56)cc3n4-c3ccccc3)c2)cc1. The fourth-order valence-electron chi connectivity index (χ4n) is 7.67. The predicted octanol–water partition coefficient (Wildman–Crippen LogP) is 13.5. The number of hydrogen-bond donors (Lipinski definition) is 0. The van der Waals surface area contributed by atoms with Gasteiger partial charge in [0.05, 0.1) is 11.0 Å². The molecule has 0 aliphatic rings. The Labute approximate surface area is 295 Å². The highest BCUT2D eigenvalue weighted by molar-refractivity contribution is 6.16. The molecule has 3 heteroatoms.